The summed E-state index contributed by atoms with van der Waals surface area (Å²) in [4.78, 5) is 17.6. The van der Waals surface area contributed by atoms with Gasteiger partial charge in [0.15, 0.2) is 0 Å². The van der Waals surface area contributed by atoms with Crippen molar-refractivity contribution in [2.45, 2.75) is 90.4 Å². The molecule has 3 aliphatic rings. The Kier molecular flexibility index (Phi) is 4.99. The fourth-order valence-electron chi connectivity index (χ4n) is 5.32. The Bertz CT molecular complexity index is 710. The Balaban J connectivity index is 1.73. The second-order valence-electron chi connectivity index (χ2n) is 11.1. The molecule has 0 aromatic rings. The van der Waals surface area contributed by atoms with E-state index in [1.54, 1.807) is 0 Å². The van der Waals surface area contributed by atoms with Crippen LogP contribution in [0.2, 0.25) is 0 Å². The number of hydrogen-bond donors (Lipinski definition) is 1. The van der Waals surface area contributed by atoms with Gasteiger partial charge in [0.25, 0.3) is 0 Å². The predicted molar refractivity (Wildman–Crippen MR) is 112 cm³/mol. The fourth-order valence-corrected chi connectivity index (χ4v) is 5.32. The number of nitroso groups, excluding NO2 is 1. The molecule has 28 heavy (non-hydrogen) atoms. The highest BCUT2D eigenvalue weighted by molar-refractivity contribution is 5.21. The zero-order valence-corrected chi connectivity index (χ0v) is 19.0. The smallest absolute Gasteiger partial charge is 0.225 e. The quantitative estimate of drug-likeness (QED) is 0.726. The third-order valence-corrected chi connectivity index (χ3v) is 6.55. The van der Waals surface area contributed by atoms with Gasteiger partial charge in [-0.2, -0.15) is 5.06 Å². The van der Waals surface area contributed by atoms with Gasteiger partial charge in [0, 0.05) is 93.0 Å². The lowest BCUT2D eigenvalue weighted by Gasteiger charge is -2.50. The Labute approximate surface area is 170 Å². The van der Waals surface area contributed by atoms with Gasteiger partial charge in [-0.15, -0.1) is 0 Å². The molecule has 0 unspecified atom stereocenters. The van der Waals surface area contributed by atoms with Crippen LogP contribution in [0, 0.1) is 4.91 Å². The van der Waals surface area contributed by atoms with Crippen LogP contribution in [-0.4, -0.2) is 73.2 Å². The molecule has 0 aliphatic carbocycles. The third kappa shape index (κ3) is 3.73. The van der Waals surface area contributed by atoms with E-state index in [4.69, 9.17) is 0 Å². The molecule has 0 aromatic heterocycles. The number of piperazine rings is 1. The summed E-state index contributed by atoms with van der Waals surface area (Å²) in [6.07, 6.45) is 6.02. The van der Waals surface area contributed by atoms with E-state index in [1.165, 1.54) is 21.2 Å². The van der Waals surface area contributed by atoms with Gasteiger partial charge in [-0.05, 0) is 33.8 Å². The van der Waals surface area contributed by atoms with Gasteiger partial charge in [-0.1, -0.05) is 0 Å². The SMILES string of the molecule is CC1(C)C=C(N2CCN(C3=CC(C)(C)[N+](=O)C(C)(C)C3)CC2)CC(C)(C)N1O. The minimum atomic E-state index is -0.473. The molecule has 1 fully saturated rings. The first-order valence-corrected chi connectivity index (χ1v) is 10.6. The molecular formula is C22H39N4O2+. The average molecular weight is 392 g/mol. The molecule has 3 rings (SSSR count). The lowest BCUT2D eigenvalue weighted by atomic mass is 9.84. The largest absolute Gasteiger partial charge is 0.371 e. The molecule has 0 aromatic carbocycles. The molecule has 0 amide bonds. The molecular weight excluding hydrogens is 352 g/mol. The maximum atomic E-state index is 12.6. The first-order chi connectivity index (χ1) is 12.7. The van der Waals surface area contributed by atoms with Crippen molar-refractivity contribution in [3.05, 3.63) is 28.5 Å². The topological polar surface area (TPSA) is 50.0 Å². The van der Waals surface area contributed by atoms with Crippen LogP contribution in [0.15, 0.2) is 23.5 Å². The molecule has 0 atom stereocenters. The number of nitrogens with zero attached hydrogens (tertiary/aromatic N) is 4. The maximum Gasteiger partial charge on any atom is 0.225 e. The van der Waals surface area contributed by atoms with E-state index in [0.717, 1.165) is 39.0 Å². The van der Waals surface area contributed by atoms with Crippen molar-refractivity contribution in [1.29, 1.82) is 0 Å². The van der Waals surface area contributed by atoms with E-state index in [1.807, 2.05) is 27.7 Å². The zero-order chi connectivity index (χ0) is 21.1. The third-order valence-electron chi connectivity index (χ3n) is 6.55. The minimum absolute atomic E-state index is 0.276. The summed E-state index contributed by atoms with van der Waals surface area (Å²) in [7, 11) is 0. The molecule has 6 nitrogen and oxygen atoms in total. The number of hydroxylamine groups is 2. The van der Waals surface area contributed by atoms with Gasteiger partial charge in [-0.3, -0.25) is 0 Å². The van der Waals surface area contributed by atoms with Crippen molar-refractivity contribution >= 4 is 0 Å². The van der Waals surface area contributed by atoms with Crippen molar-refractivity contribution in [3.63, 3.8) is 0 Å². The van der Waals surface area contributed by atoms with Crippen molar-refractivity contribution in [1.82, 2.24) is 14.9 Å². The summed E-state index contributed by atoms with van der Waals surface area (Å²) in [5, 5.41) is 12.0. The van der Waals surface area contributed by atoms with Crippen molar-refractivity contribution < 1.29 is 9.97 Å². The standard InChI is InChI=1S/C22H39N4O2/c1-19(2)13-17(14-20(3,4)25(19)27)23-9-11-24(12-10-23)18-15-21(5,6)26(28)22(7,8)16-18/h13,15,27H,9-12,14,16H2,1-8H3/q+1. The summed E-state index contributed by atoms with van der Waals surface area (Å²) in [5.74, 6) is 0. The maximum absolute atomic E-state index is 12.6. The fraction of sp³-hybridized carbons (Fsp3) is 0.818. The Hall–Kier alpha value is -1.40. The highest BCUT2D eigenvalue weighted by Gasteiger charge is 2.51. The molecule has 0 bridgehead atoms. The van der Waals surface area contributed by atoms with Crippen molar-refractivity contribution in [2.24, 2.45) is 0 Å². The first kappa shape index (κ1) is 21.3. The number of rotatable bonds is 2. The van der Waals surface area contributed by atoms with Crippen LogP contribution in [0.25, 0.3) is 0 Å². The summed E-state index contributed by atoms with van der Waals surface area (Å²) in [6, 6.07) is 0. The molecule has 0 saturated carbocycles. The molecule has 1 saturated heterocycles. The van der Waals surface area contributed by atoms with E-state index < -0.39 is 5.54 Å². The van der Waals surface area contributed by atoms with Crippen molar-refractivity contribution in [2.75, 3.05) is 26.2 Å². The van der Waals surface area contributed by atoms with Crippen LogP contribution in [0.5, 0.6) is 0 Å². The van der Waals surface area contributed by atoms with Gasteiger partial charge in [0.1, 0.15) is 0 Å². The molecule has 158 valence electrons. The van der Waals surface area contributed by atoms with Crippen LogP contribution < -0.4 is 0 Å². The van der Waals surface area contributed by atoms with E-state index in [9.17, 15) is 10.1 Å². The Morgan fingerprint density at radius 2 is 1.29 bits per heavy atom. The van der Waals surface area contributed by atoms with Gasteiger partial charge >= 0.3 is 0 Å². The molecule has 0 radical (unpaired) electrons. The highest BCUT2D eigenvalue weighted by atomic mass is 16.5. The van der Waals surface area contributed by atoms with Crippen LogP contribution in [0.3, 0.4) is 0 Å². The van der Waals surface area contributed by atoms with Crippen LogP contribution in [0.4, 0.5) is 0 Å². The molecule has 6 heteroatoms. The molecule has 3 aliphatic heterocycles. The molecule has 1 N–H and O–H groups in total. The normalized spacial score (nSPS) is 29.4. The van der Waals surface area contributed by atoms with Crippen LogP contribution >= 0.6 is 0 Å². The van der Waals surface area contributed by atoms with Crippen molar-refractivity contribution in [3.8, 4) is 0 Å². The van der Waals surface area contributed by atoms with Gasteiger partial charge < -0.3 is 15.0 Å². The van der Waals surface area contributed by atoms with Crippen LogP contribution in [0.1, 0.15) is 68.2 Å². The summed E-state index contributed by atoms with van der Waals surface area (Å²) in [6.45, 7) is 20.3. The van der Waals surface area contributed by atoms with Crippen LogP contribution in [-0.2, 0) is 0 Å². The average Bonchev–Trinajstić information content (AvgIpc) is 2.56. The zero-order valence-electron chi connectivity index (χ0n) is 19.0. The van der Waals surface area contributed by atoms with E-state index in [0.29, 0.717) is 0 Å². The van der Waals surface area contributed by atoms with E-state index >= 15 is 0 Å². The summed E-state index contributed by atoms with van der Waals surface area (Å²) in [5.41, 5.74) is 1.15. The van der Waals surface area contributed by atoms with E-state index in [-0.39, 0.29) is 16.6 Å². The summed E-state index contributed by atoms with van der Waals surface area (Å²) < 4.78 is 1.25. The predicted octanol–water partition coefficient (Wildman–Crippen LogP) is 3.76. The second kappa shape index (κ2) is 6.56. The number of hydrogen-bond acceptors (Lipinski definition) is 5. The van der Waals surface area contributed by atoms with E-state index in [2.05, 4.69) is 49.6 Å². The Morgan fingerprint density at radius 3 is 1.71 bits per heavy atom. The first-order valence-electron chi connectivity index (χ1n) is 10.6. The van der Waals surface area contributed by atoms with Gasteiger partial charge in [-0.25, -0.2) is 0 Å². The monoisotopic (exact) mass is 391 g/mol. The minimum Gasteiger partial charge on any atom is -0.371 e. The highest BCUT2D eigenvalue weighted by Crippen LogP contribution is 2.38. The lowest BCUT2D eigenvalue weighted by Crippen LogP contribution is -2.58. The van der Waals surface area contributed by atoms with Gasteiger partial charge in [0.2, 0.25) is 11.1 Å². The van der Waals surface area contributed by atoms with Gasteiger partial charge in [0.05, 0.1) is 12.0 Å². The Morgan fingerprint density at radius 1 is 0.821 bits per heavy atom. The summed E-state index contributed by atoms with van der Waals surface area (Å²) >= 11 is 0. The lowest BCUT2D eigenvalue weighted by molar-refractivity contribution is -0.674. The molecule has 3 heterocycles. The second-order valence-corrected chi connectivity index (χ2v) is 11.1. The molecule has 0 spiro atoms.